The Hall–Kier alpha value is -1.54. The molecular formula is C17H23NO. The van der Waals surface area contributed by atoms with Crippen molar-refractivity contribution < 1.29 is 4.42 Å². The molecule has 1 atom stereocenters. The summed E-state index contributed by atoms with van der Waals surface area (Å²) in [4.78, 5) is 0. The predicted molar refractivity (Wildman–Crippen MR) is 79.7 cm³/mol. The summed E-state index contributed by atoms with van der Waals surface area (Å²) < 4.78 is 5.70. The van der Waals surface area contributed by atoms with Crippen LogP contribution in [0.15, 0.2) is 22.8 Å². The number of benzene rings is 1. The van der Waals surface area contributed by atoms with Gasteiger partial charge >= 0.3 is 0 Å². The molecule has 1 N–H and O–H groups in total. The average Bonchev–Trinajstić information content (AvgIpc) is 2.78. The first kappa shape index (κ1) is 13.9. The van der Waals surface area contributed by atoms with Crippen molar-refractivity contribution in [1.82, 2.24) is 5.32 Å². The number of hydrogen-bond acceptors (Lipinski definition) is 2. The van der Waals surface area contributed by atoms with E-state index in [0.717, 1.165) is 5.76 Å². The van der Waals surface area contributed by atoms with Crippen LogP contribution in [0.2, 0.25) is 0 Å². The van der Waals surface area contributed by atoms with Crippen molar-refractivity contribution in [3.05, 3.63) is 57.5 Å². The molecule has 0 amide bonds. The summed E-state index contributed by atoms with van der Waals surface area (Å²) in [6.07, 6.45) is 1.77. The second-order valence-corrected chi connectivity index (χ2v) is 5.36. The van der Waals surface area contributed by atoms with Crippen LogP contribution in [0.5, 0.6) is 0 Å². The Morgan fingerprint density at radius 2 is 1.53 bits per heavy atom. The van der Waals surface area contributed by atoms with E-state index in [2.05, 4.69) is 46.0 Å². The van der Waals surface area contributed by atoms with Crippen LogP contribution in [0.4, 0.5) is 0 Å². The predicted octanol–water partition coefficient (Wildman–Crippen LogP) is 4.13. The molecule has 0 radical (unpaired) electrons. The van der Waals surface area contributed by atoms with Gasteiger partial charge in [-0.15, -0.1) is 0 Å². The van der Waals surface area contributed by atoms with Gasteiger partial charge in [0.25, 0.3) is 0 Å². The summed E-state index contributed by atoms with van der Waals surface area (Å²) in [5, 5.41) is 3.40. The molecule has 2 aromatic rings. The molecule has 1 unspecified atom stereocenters. The summed E-state index contributed by atoms with van der Waals surface area (Å²) in [6.45, 7) is 10.8. The van der Waals surface area contributed by atoms with E-state index in [1.807, 2.05) is 13.1 Å². The molecule has 1 aromatic heterocycles. The summed E-state index contributed by atoms with van der Waals surface area (Å²) in [5.74, 6) is 1.01. The van der Waals surface area contributed by atoms with Crippen LogP contribution in [0.3, 0.4) is 0 Å². The monoisotopic (exact) mass is 257 g/mol. The molecule has 0 bridgehead atoms. The molecule has 0 fully saturated rings. The van der Waals surface area contributed by atoms with E-state index in [4.69, 9.17) is 4.42 Å². The third-order valence-electron chi connectivity index (χ3n) is 4.17. The van der Waals surface area contributed by atoms with E-state index in [0.29, 0.717) is 0 Å². The zero-order valence-electron chi connectivity index (χ0n) is 12.7. The third kappa shape index (κ3) is 2.33. The molecule has 1 heterocycles. The maximum atomic E-state index is 5.70. The van der Waals surface area contributed by atoms with Crippen LogP contribution in [-0.2, 0) is 0 Å². The lowest BCUT2D eigenvalue weighted by Crippen LogP contribution is -2.21. The van der Waals surface area contributed by atoms with Gasteiger partial charge in [0.1, 0.15) is 5.76 Å². The van der Waals surface area contributed by atoms with Crippen LogP contribution in [0, 0.1) is 34.6 Å². The topological polar surface area (TPSA) is 25.2 Å². The highest BCUT2D eigenvalue weighted by atomic mass is 16.3. The summed E-state index contributed by atoms with van der Waals surface area (Å²) in [6, 6.07) is 4.40. The molecule has 0 aliphatic carbocycles. The van der Waals surface area contributed by atoms with Gasteiger partial charge in [0.15, 0.2) is 0 Å². The summed E-state index contributed by atoms with van der Waals surface area (Å²) >= 11 is 0. The van der Waals surface area contributed by atoms with Crippen LogP contribution < -0.4 is 5.32 Å². The molecule has 2 rings (SSSR count). The van der Waals surface area contributed by atoms with Gasteiger partial charge < -0.3 is 9.73 Å². The Bertz CT molecular complexity index is 569. The second kappa shape index (κ2) is 5.22. The van der Waals surface area contributed by atoms with Crippen molar-refractivity contribution in [3.8, 4) is 0 Å². The van der Waals surface area contributed by atoms with Gasteiger partial charge in [-0.3, -0.25) is 0 Å². The Labute approximate surface area is 115 Å². The van der Waals surface area contributed by atoms with E-state index in [9.17, 15) is 0 Å². The van der Waals surface area contributed by atoms with E-state index in [-0.39, 0.29) is 6.04 Å². The van der Waals surface area contributed by atoms with Gasteiger partial charge in [0, 0.05) is 0 Å². The Balaban J connectivity index is 2.66. The third-order valence-corrected chi connectivity index (χ3v) is 4.17. The highest BCUT2D eigenvalue weighted by Crippen LogP contribution is 2.32. The highest BCUT2D eigenvalue weighted by Gasteiger charge is 2.22. The number of nitrogens with one attached hydrogen (secondary N) is 1. The molecule has 0 saturated carbocycles. The van der Waals surface area contributed by atoms with Gasteiger partial charge in [-0.25, -0.2) is 0 Å². The fourth-order valence-corrected chi connectivity index (χ4v) is 2.77. The fraction of sp³-hybridized carbons (Fsp3) is 0.412. The summed E-state index contributed by atoms with van der Waals surface area (Å²) in [5.41, 5.74) is 7.90. The smallest absolute Gasteiger partial charge is 0.128 e. The molecule has 2 heteroatoms. The fourth-order valence-electron chi connectivity index (χ4n) is 2.77. The number of aryl methyl sites for hydroxylation is 3. The van der Waals surface area contributed by atoms with Gasteiger partial charge in [-0.2, -0.15) is 0 Å². The average molecular weight is 257 g/mol. The van der Waals surface area contributed by atoms with E-state index in [1.165, 1.54) is 33.4 Å². The van der Waals surface area contributed by atoms with E-state index >= 15 is 0 Å². The van der Waals surface area contributed by atoms with Gasteiger partial charge in [-0.05, 0) is 81.1 Å². The minimum Gasteiger partial charge on any atom is -0.467 e. The maximum absolute atomic E-state index is 5.70. The lowest BCUT2D eigenvalue weighted by Gasteiger charge is -2.23. The molecule has 0 spiro atoms. The van der Waals surface area contributed by atoms with Crippen LogP contribution in [0.25, 0.3) is 0 Å². The first-order valence-corrected chi connectivity index (χ1v) is 6.76. The van der Waals surface area contributed by atoms with Gasteiger partial charge in [0.05, 0.1) is 12.3 Å². The molecule has 102 valence electrons. The zero-order valence-corrected chi connectivity index (χ0v) is 12.7. The van der Waals surface area contributed by atoms with Crippen molar-refractivity contribution in [1.29, 1.82) is 0 Å². The molecule has 0 saturated heterocycles. The molecular weight excluding hydrogens is 234 g/mol. The van der Waals surface area contributed by atoms with Gasteiger partial charge in [0.2, 0.25) is 0 Å². The summed E-state index contributed by atoms with van der Waals surface area (Å²) in [7, 11) is 1.99. The van der Waals surface area contributed by atoms with Crippen LogP contribution >= 0.6 is 0 Å². The second-order valence-electron chi connectivity index (χ2n) is 5.36. The minimum absolute atomic E-state index is 0.119. The number of hydrogen-bond donors (Lipinski definition) is 1. The first-order valence-electron chi connectivity index (χ1n) is 6.76. The molecule has 2 nitrogen and oxygen atoms in total. The number of rotatable bonds is 3. The normalized spacial score (nSPS) is 12.7. The first-order chi connectivity index (χ1) is 8.97. The number of furan rings is 1. The molecule has 0 aliphatic rings. The Morgan fingerprint density at radius 1 is 0.947 bits per heavy atom. The van der Waals surface area contributed by atoms with Crippen molar-refractivity contribution in [2.75, 3.05) is 7.05 Å². The Kier molecular flexibility index (Phi) is 3.81. The van der Waals surface area contributed by atoms with E-state index in [1.54, 1.807) is 6.26 Å². The lowest BCUT2D eigenvalue weighted by atomic mass is 9.88. The minimum atomic E-state index is 0.119. The Morgan fingerprint density at radius 3 is 1.95 bits per heavy atom. The maximum Gasteiger partial charge on any atom is 0.128 e. The molecule has 19 heavy (non-hydrogen) atoms. The van der Waals surface area contributed by atoms with Crippen molar-refractivity contribution in [2.45, 2.75) is 40.7 Å². The molecule has 1 aromatic carbocycles. The SMILES string of the molecule is CNC(c1occc1C)c1c(C)c(C)cc(C)c1C. The lowest BCUT2D eigenvalue weighted by molar-refractivity contribution is 0.458. The van der Waals surface area contributed by atoms with Gasteiger partial charge in [-0.1, -0.05) is 6.07 Å². The van der Waals surface area contributed by atoms with Crippen LogP contribution in [0.1, 0.15) is 45.2 Å². The van der Waals surface area contributed by atoms with Crippen LogP contribution in [-0.4, -0.2) is 7.05 Å². The van der Waals surface area contributed by atoms with Crippen molar-refractivity contribution in [3.63, 3.8) is 0 Å². The molecule has 0 aliphatic heterocycles. The van der Waals surface area contributed by atoms with Crippen molar-refractivity contribution >= 4 is 0 Å². The quantitative estimate of drug-likeness (QED) is 0.894. The van der Waals surface area contributed by atoms with E-state index < -0.39 is 0 Å². The largest absolute Gasteiger partial charge is 0.467 e. The standard InChI is InChI=1S/C17H23NO/c1-10-7-8-19-17(10)16(18-6)15-13(4)11(2)9-12(3)14(15)5/h7-9,16,18H,1-6H3. The van der Waals surface area contributed by atoms with Crippen molar-refractivity contribution in [2.24, 2.45) is 0 Å². The highest BCUT2D eigenvalue weighted by molar-refractivity contribution is 5.48. The zero-order chi connectivity index (χ0) is 14.2.